The number of hydrogen-bond acceptors (Lipinski definition) is 8. The maximum absolute atomic E-state index is 13.1. The number of hydroxylamine groups is 1. The van der Waals surface area contributed by atoms with E-state index in [1.54, 1.807) is 17.6 Å². The molecule has 0 saturated carbocycles. The first kappa shape index (κ1) is 23.5. The summed E-state index contributed by atoms with van der Waals surface area (Å²) < 4.78 is 27.7. The normalized spacial score (nSPS) is 15.1. The lowest BCUT2D eigenvalue weighted by Crippen LogP contribution is -2.48. The number of thiazole rings is 1. The van der Waals surface area contributed by atoms with E-state index in [-0.39, 0.29) is 0 Å². The van der Waals surface area contributed by atoms with Gasteiger partial charge in [-0.25, -0.2) is 18.9 Å². The Labute approximate surface area is 187 Å². The van der Waals surface area contributed by atoms with Crippen LogP contribution in [0.2, 0.25) is 0 Å². The van der Waals surface area contributed by atoms with Gasteiger partial charge in [0.2, 0.25) is 10.0 Å². The summed E-state index contributed by atoms with van der Waals surface area (Å²) in [7, 11) is -3.57. The molecule has 2 N–H and O–H groups in total. The second-order valence-corrected chi connectivity index (χ2v) is 10.3. The van der Waals surface area contributed by atoms with Crippen molar-refractivity contribution in [3.8, 4) is 0 Å². The molecule has 31 heavy (non-hydrogen) atoms. The van der Waals surface area contributed by atoms with Crippen LogP contribution in [0, 0.1) is 0 Å². The molecule has 0 atom stereocenters. The van der Waals surface area contributed by atoms with Crippen molar-refractivity contribution in [2.75, 3.05) is 49.1 Å². The summed E-state index contributed by atoms with van der Waals surface area (Å²) in [4.78, 5) is 20.5. The molecule has 0 unspecified atom stereocenters. The maximum atomic E-state index is 13.1. The summed E-state index contributed by atoms with van der Waals surface area (Å²) >= 11 is 1.16. The van der Waals surface area contributed by atoms with Gasteiger partial charge < -0.3 is 9.80 Å². The van der Waals surface area contributed by atoms with Gasteiger partial charge in [0.15, 0.2) is 5.13 Å². The zero-order valence-corrected chi connectivity index (χ0v) is 19.5. The number of anilines is 2. The highest BCUT2D eigenvalue weighted by atomic mass is 32.2. The first-order valence-electron chi connectivity index (χ1n) is 10.4. The molecule has 1 aliphatic heterocycles. The minimum absolute atomic E-state index is 0.299. The Balaban J connectivity index is 1.65. The third-order valence-corrected chi connectivity index (χ3v) is 8.12. The van der Waals surface area contributed by atoms with Gasteiger partial charge in [0.1, 0.15) is 4.88 Å². The second-order valence-electron chi connectivity index (χ2n) is 7.32. The van der Waals surface area contributed by atoms with Crippen LogP contribution in [0.3, 0.4) is 0 Å². The van der Waals surface area contributed by atoms with E-state index in [1.165, 1.54) is 10.5 Å². The number of carbonyl (C=O) groups excluding carboxylic acids is 1. The van der Waals surface area contributed by atoms with Crippen molar-refractivity contribution >= 4 is 38.1 Å². The lowest BCUT2D eigenvalue weighted by molar-refractivity contribution is 0.0710. The van der Waals surface area contributed by atoms with Crippen LogP contribution in [0.25, 0.3) is 0 Å². The molecule has 3 rings (SSSR count). The van der Waals surface area contributed by atoms with Crippen LogP contribution in [0.4, 0.5) is 10.8 Å². The van der Waals surface area contributed by atoms with Crippen LogP contribution in [0.1, 0.15) is 36.4 Å². The molecule has 1 saturated heterocycles. The van der Waals surface area contributed by atoms with Crippen LogP contribution >= 0.6 is 11.3 Å². The highest BCUT2D eigenvalue weighted by molar-refractivity contribution is 7.89. The number of sulfonamides is 1. The number of amides is 1. The summed E-state index contributed by atoms with van der Waals surface area (Å²) in [6, 6.07) is 7.15. The standard InChI is InChI=1S/C20H29N5O4S2/c1-3-9-23(10-4-2)16-5-7-17(8-6-16)31(28,29)25-13-11-24(12-14-25)20-21-15-18(30-20)19(26)22-27/h5-8,15,27H,3-4,9-14H2,1-2H3,(H,22,26). The van der Waals surface area contributed by atoms with Gasteiger partial charge in [-0.05, 0) is 37.1 Å². The van der Waals surface area contributed by atoms with Gasteiger partial charge in [0.05, 0.1) is 11.1 Å². The van der Waals surface area contributed by atoms with Crippen molar-refractivity contribution in [1.82, 2.24) is 14.8 Å². The van der Waals surface area contributed by atoms with Gasteiger partial charge in [-0.1, -0.05) is 25.2 Å². The van der Waals surface area contributed by atoms with Crippen LogP contribution in [-0.2, 0) is 10.0 Å². The van der Waals surface area contributed by atoms with Crippen molar-refractivity contribution in [2.24, 2.45) is 0 Å². The molecule has 0 radical (unpaired) electrons. The summed E-state index contributed by atoms with van der Waals surface area (Å²) in [6.45, 7) is 7.79. The Morgan fingerprint density at radius 3 is 2.29 bits per heavy atom. The van der Waals surface area contributed by atoms with E-state index in [0.717, 1.165) is 43.0 Å². The Kier molecular flexibility index (Phi) is 7.87. The van der Waals surface area contributed by atoms with Gasteiger partial charge in [-0.15, -0.1) is 0 Å². The van der Waals surface area contributed by atoms with Crippen LogP contribution < -0.4 is 15.3 Å². The van der Waals surface area contributed by atoms with Crippen molar-refractivity contribution < 1.29 is 18.4 Å². The Morgan fingerprint density at radius 1 is 1.13 bits per heavy atom. The van der Waals surface area contributed by atoms with E-state index < -0.39 is 15.9 Å². The lowest BCUT2D eigenvalue weighted by Gasteiger charge is -2.33. The fourth-order valence-corrected chi connectivity index (χ4v) is 5.86. The monoisotopic (exact) mass is 467 g/mol. The van der Waals surface area contributed by atoms with Crippen molar-refractivity contribution in [3.05, 3.63) is 35.3 Å². The topological polar surface area (TPSA) is 106 Å². The lowest BCUT2D eigenvalue weighted by atomic mass is 10.2. The van der Waals surface area contributed by atoms with Gasteiger partial charge in [0.25, 0.3) is 5.91 Å². The summed E-state index contributed by atoms with van der Waals surface area (Å²) in [6.07, 6.45) is 3.47. The molecule has 11 heteroatoms. The minimum atomic E-state index is -3.57. The predicted molar refractivity (Wildman–Crippen MR) is 122 cm³/mol. The number of benzene rings is 1. The molecule has 1 amide bonds. The van der Waals surface area contributed by atoms with Crippen molar-refractivity contribution in [1.29, 1.82) is 0 Å². The van der Waals surface area contributed by atoms with Crippen LogP contribution in [-0.4, -0.2) is 68.1 Å². The van der Waals surface area contributed by atoms with Crippen molar-refractivity contribution in [2.45, 2.75) is 31.6 Å². The minimum Gasteiger partial charge on any atom is -0.372 e. The molecule has 1 aliphatic rings. The quantitative estimate of drug-likeness (QED) is 0.431. The van der Waals surface area contributed by atoms with E-state index in [0.29, 0.717) is 41.1 Å². The summed E-state index contributed by atoms with van der Waals surface area (Å²) in [5.74, 6) is -0.607. The van der Waals surface area contributed by atoms with Gasteiger partial charge >= 0.3 is 0 Å². The highest BCUT2D eigenvalue weighted by Gasteiger charge is 2.29. The fourth-order valence-electron chi connectivity index (χ4n) is 3.58. The maximum Gasteiger partial charge on any atom is 0.286 e. The zero-order chi connectivity index (χ0) is 22.4. The SMILES string of the molecule is CCCN(CCC)c1ccc(S(=O)(=O)N2CCN(c3ncc(C(=O)NO)s3)CC2)cc1. The molecular formula is C20H29N5O4S2. The molecule has 2 heterocycles. The van der Waals surface area contributed by atoms with Crippen LogP contribution in [0.15, 0.2) is 35.4 Å². The van der Waals surface area contributed by atoms with E-state index >= 15 is 0 Å². The fraction of sp³-hybridized carbons (Fsp3) is 0.500. The molecule has 0 spiro atoms. The third-order valence-electron chi connectivity index (χ3n) is 5.15. The molecule has 9 nitrogen and oxygen atoms in total. The number of nitrogens with one attached hydrogen (secondary N) is 1. The number of carbonyl (C=O) groups is 1. The summed E-state index contributed by atoms with van der Waals surface area (Å²) in [5.41, 5.74) is 2.63. The molecular weight excluding hydrogens is 438 g/mol. The number of rotatable bonds is 9. The van der Waals surface area contributed by atoms with E-state index in [2.05, 4.69) is 23.7 Å². The smallest absolute Gasteiger partial charge is 0.286 e. The number of hydrogen-bond donors (Lipinski definition) is 2. The number of piperazine rings is 1. The Morgan fingerprint density at radius 2 is 1.74 bits per heavy atom. The average Bonchev–Trinajstić information content (AvgIpc) is 3.29. The molecule has 170 valence electrons. The molecule has 2 aromatic rings. The zero-order valence-electron chi connectivity index (χ0n) is 17.8. The van der Waals surface area contributed by atoms with Gasteiger partial charge in [-0.3, -0.25) is 10.0 Å². The average molecular weight is 468 g/mol. The first-order valence-corrected chi connectivity index (χ1v) is 12.7. The molecule has 0 aliphatic carbocycles. The second kappa shape index (κ2) is 10.4. The van der Waals surface area contributed by atoms with Crippen molar-refractivity contribution in [3.63, 3.8) is 0 Å². The Bertz CT molecular complexity index is 964. The molecule has 1 aromatic heterocycles. The molecule has 1 aromatic carbocycles. The third kappa shape index (κ3) is 5.35. The molecule has 0 bridgehead atoms. The highest BCUT2D eigenvalue weighted by Crippen LogP contribution is 2.26. The van der Waals surface area contributed by atoms with Gasteiger partial charge in [0, 0.05) is 45.0 Å². The van der Waals surface area contributed by atoms with E-state index in [4.69, 9.17) is 5.21 Å². The largest absolute Gasteiger partial charge is 0.372 e. The van der Waals surface area contributed by atoms with Crippen LogP contribution in [0.5, 0.6) is 0 Å². The van der Waals surface area contributed by atoms with E-state index in [1.807, 2.05) is 17.0 Å². The molecule has 1 fully saturated rings. The first-order chi connectivity index (χ1) is 14.9. The van der Waals surface area contributed by atoms with E-state index in [9.17, 15) is 13.2 Å². The number of nitrogens with zero attached hydrogens (tertiary/aromatic N) is 4. The Hall–Kier alpha value is -2.21. The summed E-state index contributed by atoms with van der Waals surface area (Å²) in [5, 5.41) is 9.36. The van der Waals surface area contributed by atoms with Gasteiger partial charge in [-0.2, -0.15) is 4.31 Å². The number of aromatic nitrogens is 1. The predicted octanol–water partition coefficient (Wildman–Crippen LogP) is 2.40.